The summed E-state index contributed by atoms with van der Waals surface area (Å²) in [5.74, 6) is 0.333. The summed E-state index contributed by atoms with van der Waals surface area (Å²) in [6.45, 7) is 2.17. The molecule has 2 aromatic rings. The molecule has 116 valence electrons. The molecule has 0 atom stereocenters. The first kappa shape index (κ1) is 15.2. The Kier molecular flexibility index (Phi) is 4.12. The van der Waals surface area contributed by atoms with Gasteiger partial charge in [0.2, 0.25) is 0 Å². The van der Waals surface area contributed by atoms with E-state index in [0.717, 1.165) is 35.8 Å². The third kappa shape index (κ3) is 2.83. The summed E-state index contributed by atoms with van der Waals surface area (Å²) in [6.07, 6.45) is 2.79. The van der Waals surface area contributed by atoms with E-state index in [1.54, 1.807) is 12.1 Å². The Morgan fingerprint density at radius 3 is 2.57 bits per heavy atom. The second kappa shape index (κ2) is 6.21. The van der Waals surface area contributed by atoms with Crippen LogP contribution < -0.4 is 4.74 Å². The van der Waals surface area contributed by atoms with E-state index in [2.05, 4.69) is 6.07 Å². The molecule has 2 aromatic carbocycles. The highest BCUT2D eigenvalue weighted by molar-refractivity contribution is 5.88. The van der Waals surface area contributed by atoms with Crippen molar-refractivity contribution in [3.8, 4) is 22.9 Å². The average Bonchev–Trinajstić information content (AvgIpc) is 3.40. The number of ether oxygens (including phenoxy) is 1. The summed E-state index contributed by atoms with van der Waals surface area (Å²) in [6, 6.07) is 10.1. The highest BCUT2D eigenvalue weighted by Gasteiger charge is 2.30. The van der Waals surface area contributed by atoms with E-state index < -0.39 is 0 Å². The molecule has 1 aliphatic carbocycles. The highest BCUT2D eigenvalue weighted by Crippen LogP contribution is 2.48. The largest absolute Gasteiger partial charge is 0.492 e. The van der Waals surface area contributed by atoms with Crippen molar-refractivity contribution < 1.29 is 13.9 Å². The molecule has 0 N–H and O–H groups in total. The van der Waals surface area contributed by atoms with Crippen LogP contribution in [-0.4, -0.2) is 12.9 Å². The molecule has 1 fully saturated rings. The molecule has 0 spiro atoms. The molecule has 0 amide bonds. The molecular weight excluding hydrogens is 293 g/mol. The lowest BCUT2D eigenvalue weighted by Crippen LogP contribution is -2.04. The monoisotopic (exact) mass is 309 g/mol. The number of benzene rings is 2. The Balaban J connectivity index is 2.30. The molecule has 3 rings (SSSR count). The van der Waals surface area contributed by atoms with E-state index >= 15 is 0 Å². The first-order valence-electron chi connectivity index (χ1n) is 7.64. The van der Waals surface area contributed by atoms with Crippen LogP contribution in [0.5, 0.6) is 5.75 Å². The number of rotatable bonds is 5. The van der Waals surface area contributed by atoms with Crippen molar-refractivity contribution in [3.05, 3.63) is 52.8 Å². The molecule has 3 nitrogen and oxygen atoms in total. The first-order chi connectivity index (χ1) is 11.2. The van der Waals surface area contributed by atoms with Gasteiger partial charge in [0.05, 0.1) is 12.2 Å². The summed E-state index contributed by atoms with van der Waals surface area (Å²) in [5.41, 5.74) is 3.24. The molecule has 1 saturated carbocycles. The standard InChI is InChI=1S/C19H16FNO2/c1-2-23-19-14(11-22)9-16(12-3-4-12)18(17(19)10-21)13-5-7-15(20)8-6-13/h5-9,11-12H,2-4H2,1H3. The minimum Gasteiger partial charge on any atom is -0.492 e. The Bertz CT molecular complexity index is 786. The van der Waals surface area contributed by atoms with Crippen LogP contribution in [0.15, 0.2) is 30.3 Å². The Hall–Kier alpha value is -2.67. The molecule has 0 heterocycles. The maximum atomic E-state index is 13.2. The predicted molar refractivity (Wildman–Crippen MR) is 85.1 cm³/mol. The molecule has 23 heavy (non-hydrogen) atoms. The summed E-state index contributed by atoms with van der Waals surface area (Å²) >= 11 is 0. The molecule has 0 aromatic heterocycles. The molecule has 0 radical (unpaired) electrons. The van der Waals surface area contributed by atoms with Gasteiger partial charge in [-0.1, -0.05) is 12.1 Å². The van der Waals surface area contributed by atoms with Gasteiger partial charge in [-0.2, -0.15) is 5.26 Å². The molecule has 1 aliphatic rings. The fourth-order valence-corrected chi connectivity index (χ4v) is 2.85. The van der Waals surface area contributed by atoms with E-state index in [0.29, 0.717) is 29.4 Å². The van der Waals surface area contributed by atoms with Crippen LogP contribution in [-0.2, 0) is 0 Å². The first-order valence-corrected chi connectivity index (χ1v) is 7.64. The Morgan fingerprint density at radius 1 is 1.35 bits per heavy atom. The van der Waals surface area contributed by atoms with Crippen molar-refractivity contribution in [2.75, 3.05) is 6.61 Å². The van der Waals surface area contributed by atoms with Crippen LogP contribution in [0.2, 0.25) is 0 Å². The number of nitrogens with zero attached hydrogens (tertiary/aromatic N) is 1. The van der Waals surface area contributed by atoms with Crippen LogP contribution in [0.4, 0.5) is 4.39 Å². The molecule has 0 bridgehead atoms. The van der Waals surface area contributed by atoms with Crippen LogP contribution >= 0.6 is 0 Å². The number of hydrogen-bond acceptors (Lipinski definition) is 3. The van der Waals surface area contributed by atoms with Gasteiger partial charge in [-0.3, -0.25) is 4.79 Å². The molecular formula is C19H16FNO2. The third-order valence-corrected chi connectivity index (χ3v) is 4.02. The van der Waals surface area contributed by atoms with Crippen molar-refractivity contribution in [1.82, 2.24) is 0 Å². The fourth-order valence-electron chi connectivity index (χ4n) is 2.85. The third-order valence-electron chi connectivity index (χ3n) is 4.02. The lowest BCUT2D eigenvalue weighted by molar-refractivity contribution is 0.111. The lowest BCUT2D eigenvalue weighted by atomic mass is 9.89. The van der Waals surface area contributed by atoms with Gasteiger partial charge in [-0.25, -0.2) is 4.39 Å². The molecule has 0 unspecified atom stereocenters. The number of hydrogen-bond donors (Lipinski definition) is 0. The van der Waals surface area contributed by atoms with E-state index in [9.17, 15) is 14.4 Å². The number of carbonyl (C=O) groups excluding carboxylic acids is 1. The summed E-state index contributed by atoms with van der Waals surface area (Å²) < 4.78 is 18.8. The van der Waals surface area contributed by atoms with Crippen LogP contribution in [0.25, 0.3) is 11.1 Å². The minimum atomic E-state index is -0.324. The zero-order valence-electron chi connectivity index (χ0n) is 12.8. The van der Waals surface area contributed by atoms with Gasteiger partial charge in [-0.05, 0) is 55.0 Å². The van der Waals surface area contributed by atoms with E-state index in [4.69, 9.17) is 4.74 Å². The zero-order valence-corrected chi connectivity index (χ0v) is 12.8. The topological polar surface area (TPSA) is 50.1 Å². The SMILES string of the molecule is CCOc1c(C=O)cc(C2CC2)c(-c2ccc(F)cc2)c1C#N. The van der Waals surface area contributed by atoms with Crippen molar-refractivity contribution in [2.24, 2.45) is 0 Å². The molecule has 0 aliphatic heterocycles. The smallest absolute Gasteiger partial charge is 0.153 e. The maximum Gasteiger partial charge on any atom is 0.153 e. The van der Waals surface area contributed by atoms with Crippen molar-refractivity contribution >= 4 is 6.29 Å². The number of aldehydes is 1. The molecule has 4 heteroatoms. The summed E-state index contributed by atoms with van der Waals surface area (Å²) in [4.78, 5) is 11.4. The van der Waals surface area contributed by atoms with Gasteiger partial charge in [0.1, 0.15) is 23.2 Å². The Labute approximate surface area is 134 Å². The number of carbonyl (C=O) groups is 1. The second-order valence-electron chi connectivity index (χ2n) is 5.58. The van der Waals surface area contributed by atoms with Crippen LogP contribution in [0.3, 0.4) is 0 Å². The average molecular weight is 309 g/mol. The highest BCUT2D eigenvalue weighted by atomic mass is 19.1. The van der Waals surface area contributed by atoms with Crippen LogP contribution in [0, 0.1) is 17.1 Å². The van der Waals surface area contributed by atoms with Gasteiger partial charge < -0.3 is 4.74 Å². The minimum absolute atomic E-state index is 0.314. The van der Waals surface area contributed by atoms with Gasteiger partial charge in [0, 0.05) is 5.56 Å². The van der Waals surface area contributed by atoms with E-state index in [1.165, 1.54) is 12.1 Å². The number of nitriles is 1. The Morgan fingerprint density at radius 2 is 2.04 bits per heavy atom. The fraction of sp³-hybridized carbons (Fsp3) is 0.263. The molecule has 0 saturated heterocycles. The van der Waals surface area contributed by atoms with Gasteiger partial charge >= 0.3 is 0 Å². The van der Waals surface area contributed by atoms with Gasteiger partial charge in [0.25, 0.3) is 0 Å². The van der Waals surface area contributed by atoms with E-state index in [-0.39, 0.29) is 5.82 Å². The second-order valence-corrected chi connectivity index (χ2v) is 5.58. The summed E-state index contributed by atoms with van der Waals surface area (Å²) in [7, 11) is 0. The predicted octanol–water partition coefficient (Wildman–Crippen LogP) is 4.45. The maximum absolute atomic E-state index is 13.2. The van der Waals surface area contributed by atoms with Crippen molar-refractivity contribution in [1.29, 1.82) is 5.26 Å². The van der Waals surface area contributed by atoms with Crippen LogP contribution in [0.1, 0.15) is 47.2 Å². The quantitative estimate of drug-likeness (QED) is 0.767. The van der Waals surface area contributed by atoms with E-state index in [1.807, 2.05) is 13.0 Å². The lowest BCUT2D eigenvalue weighted by Gasteiger charge is -2.17. The zero-order chi connectivity index (χ0) is 16.4. The number of halogens is 1. The van der Waals surface area contributed by atoms with Crippen molar-refractivity contribution in [3.63, 3.8) is 0 Å². The normalized spacial score (nSPS) is 13.4. The van der Waals surface area contributed by atoms with Crippen molar-refractivity contribution in [2.45, 2.75) is 25.7 Å². The van der Waals surface area contributed by atoms with Gasteiger partial charge in [0.15, 0.2) is 6.29 Å². The van der Waals surface area contributed by atoms with Gasteiger partial charge in [-0.15, -0.1) is 0 Å². The summed E-state index contributed by atoms with van der Waals surface area (Å²) in [5, 5.41) is 9.67.